The molecule has 0 saturated carbocycles. The van der Waals surface area contributed by atoms with Crippen molar-refractivity contribution in [1.82, 2.24) is 14.4 Å². The number of imidazole rings is 1. The van der Waals surface area contributed by atoms with Crippen LogP contribution in [0.3, 0.4) is 0 Å². The van der Waals surface area contributed by atoms with Crippen LogP contribution in [0.5, 0.6) is 0 Å². The lowest BCUT2D eigenvalue weighted by Crippen LogP contribution is -2.29. The molecule has 8 nitrogen and oxygen atoms in total. The molecule has 9 heteroatoms. The maximum Gasteiger partial charge on any atom is 0.266 e. The Bertz CT molecular complexity index is 1980. The van der Waals surface area contributed by atoms with Crippen molar-refractivity contribution in [3.63, 3.8) is 0 Å². The molecule has 0 atom stereocenters. The molecule has 0 fully saturated rings. The van der Waals surface area contributed by atoms with Gasteiger partial charge in [-0.3, -0.25) is 24.1 Å². The zero-order valence-corrected chi connectivity index (χ0v) is 21.5. The van der Waals surface area contributed by atoms with Crippen molar-refractivity contribution in [3.8, 4) is 22.5 Å². The summed E-state index contributed by atoms with van der Waals surface area (Å²) in [4.78, 5) is 58.5. The smallest absolute Gasteiger partial charge is 0.266 e. The Morgan fingerprint density at radius 2 is 1.18 bits per heavy atom. The Hall–Kier alpha value is -5.31. The second-order valence-corrected chi connectivity index (χ2v) is 9.98. The van der Waals surface area contributed by atoms with Gasteiger partial charge in [-0.2, -0.15) is 0 Å². The number of amides is 4. The van der Waals surface area contributed by atoms with Crippen LogP contribution >= 0.6 is 0 Å². The van der Waals surface area contributed by atoms with E-state index in [0.29, 0.717) is 44.8 Å². The summed E-state index contributed by atoms with van der Waals surface area (Å²) in [7, 11) is 7.84. The molecule has 0 N–H and O–H groups in total. The Morgan fingerprint density at radius 1 is 0.625 bits per heavy atom. The first-order chi connectivity index (χ1) is 19.2. The van der Waals surface area contributed by atoms with Crippen LogP contribution in [0.15, 0.2) is 78.9 Å². The molecule has 0 unspecified atom stereocenters. The third kappa shape index (κ3) is 3.30. The highest BCUT2D eigenvalue weighted by Gasteiger charge is 2.37. The molecule has 1 aromatic heterocycles. The quantitative estimate of drug-likeness (QED) is 0.254. The maximum absolute atomic E-state index is 13.5. The highest BCUT2D eigenvalue weighted by atomic mass is 16.2. The Balaban J connectivity index is 1.25. The van der Waals surface area contributed by atoms with E-state index in [1.807, 2.05) is 31.2 Å². The summed E-state index contributed by atoms with van der Waals surface area (Å²) < 4.78 is 1.46. The molecule has 2 radical (unpaired) electrons. The number of carbonyl (C=O) groups excluding carboxylic acids is 4. The van der Waals surface area contributed by atoms with Gasteiger partial charge in [-0.15, -0.1) is 0 Å². The number of fused-ring (bicyclic) bond motifs is 3. The van der Waals surface area contributed by atoms with Gasteiger partial charge in [0.2, 0.25) is 7.98 Å². The van der Waals surface area contributed by atoms with E-state index in [1.165, 1.54) is 11.5 Å². The number of imide groups is 2. The van der Waals surface area contributed by atoms with E-state index >= 15 is 0 Å². The SMILES string of the molecule is [B]n1c(-c2ccc(C)cc2)nc2ccc(N3C(=O)c4ccc(-c5ccc6c(c5)C(=O)N(C)C6=O)cc4C3=O)cc21. The first-order valence-corrected chi connectivity index (χ1v) is 12.6. The largest absolute Gasteiger partial charge is 0.381 e. The molecule has 4 amide bonds. The predicted molar refractivity (Wildman–Crippen MR) is 150 cm³/mol. The van der Waals surface area contributed by atoms with E-state index in [9.17, 15) is 19.2 Å². The number of anilines is 1. The zero-order chi connectivity index (χ0) is 27.9. The van der Waals surface area contributed by atoms with E-state index in [-0.39, 0.29) is 22.9 Å². The van der Waals surface area contributed by atoms with Crippen molar-refractivity contribution < 1.29 is 19.2 Å². The Morgan fingerprint density at radius 3 is 1.85 bits per heavy atom. The fraction of sp³-hybridized carbons (Fsp3) is 0.0645. The lowest BCUT2D eigenvalue weighted by Gasteiger charge is -2.14. The molecule has 4 aromatic carbocycles. The fourth-order valence-electron chi connectivity index (χ4n) is 5.32. The van der Waals surface area contributed by atoms with Crippen molar-refractivity contribution in [1.29, 1.82) is 0 Å². The molecule has 2 aliphatic rings. The minimum Gasteiger partial charge on any atom is -0.381 e. The lowest BCUT2D eigenvalue weighted by atomic mass is 9.97. The third-order valence-corrected chi connectivity index (χ3v) is 7.55. The second kappa shape index (κ2) is 8.35. The van der Waals surface area contributed by atoms with Gasteiger partial charge in [0.15, 0.2) is 0 Å². The Kier molecular flexibility index (Phi) is 4.96. The van der Waals surface area contributed by atoms with Crippen LogP contribution < -0.4 is 4.90 Å². The van der Waals surface area contributed by atoms with Crippen molar-refractivity contribution in [2.24, 2.45) is 0 Å². The molecule has 0 bridgehead atoms. The highest BCUT2D eigenvalue weighted by molar-refractivity contribution is 6.35. The van der Waals surface area contributed by atoms with Crippen molar-refractivity contribution in [3.05, 3.63) is 107 Å². The van der Waals surface area contributed by atoms with Crippen molar-refractivity contribution in [2.75, 3.05) is 11.9 Å². The molecule has 40 heavy (non-hydrogen) atoms. The van der Waals surface area contributed by atoms with Crippen LogP contribution in [0.4, 0.5) is 5.69 Å². The lowest BCUT2D eigenvalue weighted by molar-refractivity contribution is 0.0692. The predicted octanol–water partition coefficient (Wildman–Crippen LogP) is 4.64. The van der Waals surface area contributed by atoms with E-state index in [1.54, 1.807) is 54.6 Å². The van der Waals surface area contributed by atoms with Gasteiger partial charge in [0.05, 0.1) is 39.0 Å². The van der Waals surface area contributed by atoms with E-state index < -0.39 is 11.8 Å². The third-order valence-electron chi connectivity index (χ3n) is 7.55. The Labute approximate surface area is 229 Å². The number of benzene rings is 4. The van der Waals surface area contributed by atoms with Crippen LogP contribution in [0, 0.1) is 6.92 Å². The van der Waals surface area contributed by atoms with Gasteiger partial charge >= 0.3 is 0 Å². The summed E-state index contributed by atoms with van der Waals surface area (Å²) in [6.07, 6.45) is 0. The molecule has 3 heterocycles. The van der Waals surface area contributed by atoms with E-state index in [0.717, 1.165) is 20.9 Å². The van der Waals surface area contributed by atoms with Gasteiger partial charge in [-0.05, 0) is 60.5 Å². The topological polar surface area (TPSA) is 92.6 Å². The number of aromatic nitrogens is 2. The minimum atomic E-state index is -0.463. The molecular weight excluding hydrogens is 503 g/mol. The maximum atomic E-state index is 13.5. The van der Waals surface area contributed by atoms with Gasteiger partial charge in [0.1, 0.15) is 5.82 Å². The summed E-state index contributed by atoms with van der Waals surface area (Å²) in [6, 6.07) is 22.9. The number of hydrogen-bond donors (Lipinski definition) is 0. The standard InChI is InChI=1S/C31H19BN4O4/c1-16-3-5-17(6-4-16)27-33-25-12-9-20(15-26(25)36(27)32)35-30(39)22-11-8-19(14-24(22)31(35)40)18-7-10-21-23(13-18)29(38)34(2)28(21)37/h3-15H,1-2H3. The summed E-state index contributed by atoms with van der Waals surface area (Å²) in [5, 5.41) is 0. The van der Waals surface area contributed by atoms with E-state index in [4.69, 9.17) is 7.98 Å². The van der Waals surface area contributed by atoms with Gasteiger partial charge in [0, 0.05) is 12.6 Å². The molecule has 2 aliphatic heterocycles. The molecule has 0 aliphatic carbocycles. The number of nitrogens with zero attached hydrogens (tertiary/aromatic N) is 4. The van der Waals surface area contributed by atoms with E-state index in [2.05, 4.69) is 4.98 Å². The van der Waals surface area contributed by atoms with Gasteiger partial charge in [-0.25, -0.2) is 9.88 Å². The first-order valence-electron chi connectivity index (χ1n) is 12.6. The van der Waals surface area contributed by atoms with Gasteiger partial charge in [-0.1, -0.05) is 42.0 Å². The second-order valence-electron chi connectivity index (χ2n) is 9.98. The molecular formula is C31H19BN4O4. The molecule has 190 valence electrons. The number of carbonyl (C=O) groups is 4. The monoisotopic (exact) mass is 522 g/mol. The van der Waals surface area contributed by atoms with Crippen LogP contribution in [-0.2, 0) is 0 Å². The average Bonchev–Trinajstić information content (AvgIpc) is 3.51. The fourth-order valence-corrected chi connectivity index (χ4v) is 5.32. The number of aryl methyl sites for hydroxylation is 1. The van der Waals surface area contributed by atoms with Gasteiger partial charge < -0.3 is 4.48 Å². The number of hydrogen-bond acceptors (Lipinski definition) is 5. The van der Waals surface area contributed by atoms with Crippen LogP contribution in [-0.4, -0.2) is 53.0 Å². The summed E-state index contributed by atoms with van der Waals surface area (Å²) >= 11 is 0. The minimum absolute atomic E-state index is 0.254. The molecule has 7 rings (SSSR count). The van der Waals surface area contributed by atoms with Gasteiger partial charge in [0.25, 0.3) is 23.6 Å². The summed E-state index contributed by atoms with van der Waals surface area (Å²) in [5.74, 6) is -1.06. The molecule has 0 saturated heterocycles. The summed E-state index contributed by atoms with van der Waals surface area (Å²) in [5.41, 5.74) is 6.06. The van der Waals surface area contributed by atoms with Crippen LogP contribution in [0.1, 0.15) is 47.0 Å². The average molecular weight is 522 g/mol. The normalized spacial score (nSPS) is 14.4. The van der Waals surface area contributed by atoms with Crippen molar-refractivity contribution >= 4 is 48.3 Å². The molecule has 5 aromatic rings. The summed E-state index contributed by atoms with van der Waals surface area (Å²) in [6.45, 7) is 2.00. The molecule has 0 spiro atoms. The highest BCUT2D eigenvalue weighted by Crippen LogP contribution is 2.35. The van der Waals surface area contributed by atoms with Crippen molar-refractivity contribution in [2.45, 2.75) is 6.92 Å². The number of rotatable bonds is 3. The van der Waals surface area contributed by atoms with Crippen LogP contribution in [0.25, 0.3) is 33.5 Å². The zero-order valence-electron chi connectivity index (χ0n) is 21.5. The first kappa shape index (κ1) is 23.8. The van der Waals surface area contributed by atoms with Crippen LogP contribution in [0.2, 0.25) is 0 Å².